The number of amides is 2. The molecule has 0 bridgehead atoms. The Hall–Kier alpha value is -2.60. The van der Waals surface area contributed by atoms with Gasteiger partial charge in [-0.15, -0.1) is 0 Å². The van der Waals surface area contributed by atoms with Gasteiger partial charge in [0.05, 0.1) is 6.54 Å². The van der Waals surface area contributed by atoms with Crippen molar-refractivity contribution in [3.8, 4) is 0 Å². The number of nitrogens with zero attached hydrogens (tertiary/aromatic N) is 1. The Morgan fingerprint density at radius 2 is 2.12 bits per heavy atom. The monoisotopic (exact) mass is 341 g/mol. The molecule has 132 valence electrons. The van der Waals surface area contributed by atoms with Crippen LogP contribution in [-0.4, -0.2) is 29.1 Å². The van der Waals surface area contributed by atoms with Crippen molar-refractivity contribution < 1.29 is 14.3 Å². The van der Waals surface area contributed by atoms with Gasteiger partial charge in [-0.25, -0.2) is 0 Å². The number of hydrogen-bond donors (Lipinski definition) is 2. The lowest BCUT2D eigenvalue weighted by Crippen LogP contribution is -2.27. The standard InChI is InChI=1S/C19H23N3O3/c1-13-8-9-16(22(13)2)12-20-18(23)14-5-3-6-15(11-14)21-19(24)17-7-4-10-25-17/h3,5-6,8-9,11,17H,4,7,10,12H2,1-2H3,(H,20,23)(H,21,24). The van der Waals surface area contributed by atoms with Crippen LogP contribution in [0.3, 0.4) is 0 Å². The van der Waals surface area contributed by atoms with Gasteiger partial charge in [-0.3, -0.25) is 9.59 Å². The summed E-state index contributed by atoms with van der Waals surface area (Å²) in [7, 11) is 1.97. The van der Waals surface area contributed by atoms with Crippen molar-refractivity contribution in [2.24, 2.45) is 7.05 Å². The molecule has 2 N–H and O–H groups in total. The minimum Gasteiger partial charge on any atom is -0.368 e. The smallest absolute Gasteiger partial charge is 0.253 e. The van der Waals surface area contributed by atoms with Gasteiger partial charge in [0.25, 0.3) is 11.8 Å². The van der Waals surface area contributed by atoms with E-state index < -0.39 is 6.10 Å². The fraction of sp³-hybridized carbons (Fsp3) is 0.368. The van der Waals surface area contributed by atoms with Crippen LogP contribution in [0, 0.1) is 6.92 Å². The second-order valence-corrected chi connectivity index (χ2v) is 6.28. The van der Waals surface area contributed by atoms with E-state index >= 15 is 0 Å². The van der Waals surface area contributed by atoms with Gasteiger partial charge in [0.1, 0.15) is 6.10 Å². The van der Waals surface area contributed by atoms with Crippen LogP contribution in [-0.2, 0) is 23.1 Å². The fourth-order valence-corrected chi connectivity index (χ4v) is 2.86. The Balaban J connectivity index is 1.61. The summed E-state index contributed by atoms with van der Waals surface area (Å²) in [6.07, 6.45) is 1.25. The van der Waals surface area contributed by atoms with Gasteiger partial charge in [-0.1, -0.05) is 6.07 Å². The highest BCUT2D eigenvalue weighted by Crippen LogP contribution is 2.16. The zero-order valence-corrected chi connectivity index (χ0v) is 14.5. The van der Waals surface area contributed by atoms with Crippen LogP contribution < -0.4 is 10.6 Å². The maximum Gasteiger partial charge on any atom is 0.253 e. The fourth-order valence-electron chi connectivity index (χ4n) is 2.86. The third-order valence-corrected chi connectivity index (χ3v) is 4.52. The highest BCUT2D eigenvalue weighted by atomic mass is 16.5. The number of aryl methyl sites for hydroxylation is 1. The summed E-state index contributed by atoms with van der Waals surface area (Å²) >= 11 is 0. The number of hydrogen-bond acceptors (Lipinski definition) is 3. The van der Waals surface area contributed by atoms with E-state index in [-0.39, 0.29) is 11.8 Å². The predicted octanol–water partition coefficient (Wildman–Crippen LogP) is 2.38. The van der Waals surface area contributed by atoms with E-state index in [1.807, 2.05) is 30.7 Å². The number of carbonyl (C=O) groups is 2. The second-order valence-electron chi connectivity index (χ2n) is 6.28. The molecule has 2 amide bonds. The first-order valence-electron chi connectivity index (χ1n) is 8.46. The highest BCUT2D eigenvalue weighted by molar-refractivity contribution is 5.98. The minimum absolute atomic E-state index is 0.158. The maximum absolute atomic E-state index is 12.4. The van der Waals surface area contributed by atoms with Crippen molar-refractivity contribution in [2.45, 2.75) is 32.4 Å². The van der Waals surface area contributed by atoms with Crippen molar-refractivity contribution in [3.05, 3.63) is 53.3 Å². The van der Waals surface area contributed by atoms with E-state index in [1.54, 1.807) is 24.3 Å². The quantitative estimate of drug-likeness (QED) is 0.877. The summed E-state index contributed by atoms with van der Waals surface area (Å²) in [6, 6.07) is 10.9. The SMILES string of the molecule is Cc1ccc(CNC(=O)c2cccc(NC(=O)C3CCCO3)c2)n1C. The van der Waals surface area contributed by atoms with E-state index in [0.29, 0.717) is 24.4 Å². The largest absolute Gasteiger partial charge is 0.368 e. The van der Waals surface area contributed by atoms with E-state index in [4.69, 9.17) is 4.74 Å². The molecule has 1 saturated heterocycles. The summed E-state index contributed by atoms with van der Waals surface area (Å²) in [5.74, 6) is -0.332. The number of rotatable bonds is 5. The molecule has 2 heterocycles. The summed E-state index contributed by atoms with van der Waals surface area (Å²) in [4.78, 5) is 24.5. The van der Waals surface area contributed by atoms with E-state index in [1.165, 1.54) is 0 Å². The first-order chi connectivity index (χ1) is 12.0. The number of ether oxygens (including phenoxy) is 1. The van der Waals surface area contributed by atoms with Crippen LogP contribution in [0.15, 0.2) is 36.4 Å². The third kappa shape index (κ3) is 4.09. The zero-order chi connectivity index (χ0) is 17.8. The molecule has 1 atom stereocenters. The van der Waals surface area contributed by atoms with Crippen LogP contribution in [0.5, 0.6) is 0 Å². The molecular formula is C19H23N3O3. The summed E-state index contributed by atoms with van der Waals surface area (Å²) in [6.45, 7) is 3.10. The molecule has 25 heavy (non-hydrogen) atoms. The molecule has 1 aliphatic heterocycles. The van der Waals surface area contributed by atoms with Gasteiger partial charge in [-0.05, 0) is 50.1 Å². The first kappa shape index (κ1) is 17.2. The molecule has 1 aromatic heterocycles. The van der Waals surface area contributed by atoms with Crippen LogP contribution in [0.1, 0.15) is 34.6 Å². The maximum atomic E-state index is 12.4. The second kappa shape index (κ2) is 7.53. The van der Waals surface area contributed by atoms with Crippen LogP contribution in [0.2, 0.25) is 0 Å². The van der Waals surface area contributed by atoms with E-state index in [0.717, 1.165) is 24.2 Å². The van der Waals surface area contributed by atoms with Crippen molar-refractivity contribution in [1.82, 2.24) is 9.88 Å². The Morgan fingerprint density at radius 3 is 2.80 bits per heavy atom. The number of aromatic nitrogens is 1. The number of nitrogens with one attached hydrogen (secondary N) is 2. The molecule has 6 nitrogen and oxygen atoms in total. The Labute approximate surface area is 147 Å². The Morgan fingerprint density at radius 1 is 1.28 bits per heavy atom. The lowest BCUT2D eigenvalue weighted by Gasteiger charge is -2.12. The molecule has 0 aliphatic carbocycles. The van der Waals surface area contributed by atoms with Gasteiger partial charge in [0.15, 0.2) is 0 Å². The lowest BCUT2D eigenvalue weighted by atomic mass is 10.1. The predicted molar refractivity (Wildman–Crippen MR) is 95.4 cm³/mol. The van der Waals surface area contributed by atoms with Gasteiger partial charge in [0, 0.05) is 36.3 Å². The van der Waals surface area contributed by atoms with Gasteiger partial charge < -0.3 is 19.9 Å². The normalized spacial score (nSPS) is 16.6. The summed E-state index contributed by atoms with van der Waals surface area (Å²) in [5.41, 5.74) is 3.29. The first-order valence-corrected chi connectivity index (χ1v) is 8.46. The molecule has 1 aliphatic rings. The average Bonchev–Trinajstić information content (AvgIpc) is 3.25. The van der Waals surface area contributed by atoms with Crippen molar-refractivity contribution in [3.63, 3.8) is 0 Å². The minimum atomic E-state index is -0.391. The zero-order valence-electron chi connectivity index (χ0n) is 14.5. The van der Waals surface area contributed by atoms with Gasteiger partial charge in [-0.2, -0.15) is 0 Å². The molecule has 1 fully saturated rings. The van der Waals surface area contributed by atoms with Crippen LogP contribution in [0.4, 0.5) is 5.69 Å². The van der Waals surface area contributed by atoms with Gasteiger partial charge in [0.2, 0.25) is 0 Å². The topological polar surface area (TPSA) is 72.4 Å². The number of anilines is 1. The highest BCUT2D eigenvalue weighted by Gasteiger charge is 2.23. The molecule has 3 rings (SSSR count). The van der Waals surface area contributed by atoms with E-state index in [2.05, 4.69) is 10.6 Å². The average molecular weight is 341 g/mol. The van der Waals surface area contributed by atoms with Crippen molar-refractivity contribution >= 4 is 17.5 Å². The molecule has 0 radical (unpaired) electrons. The molecule has 1 unspecified atom stereocenters. The molecule has 0 saturated carbocycles. The van der Waals surface area contributed by atoms with Crippen molar-refractivity contribution in [1.29, 1.82) is 0 Å². The van der Waals surface area contributed by atoms with E-state index in [9.17, 15) is 9.59 Å². The Kier molecular flexibility index (Phi) is 5.19. The van der Waals surface area contributed by atoms with Crippen molar-refractivity contribution in [2.75, 3.05) is 11.9 Å². The van der Waals surface area contributed by atoms with Crippen LogP contribution in [0.25, 0.3) is 0 Å². The molecule has 1 aromatic carbocycles. The molecule has 6 heteroatoms. The van der Waals surface area contributed by atoms with Gasteiger partial charge >= 0.3 is 0 Å². The molecule has 2 aromatic rings. The molecule has 0 spiro atoms. The summed E-state index contributed by atoms with van der Waals surface area (Å²) in [5, 5.41) is 5.73. The van der Waals surface area contributed by atoms with Crippen LogP contribution >= 0.6 is 0 Å². The number of benzene rings is 1. The third-order valence-electron chi connectivity index (χ3n) is 4.52. The molecular weight excluding hydrogens is 318 g/mol. The lowest BCUT2D eigenvalue weighted by molar-refractivity contribution is -0.124. The number of carbonyl (C=O) groups excluding carboxylic acids is 2. The summed E-state index contributed by atoms with van der Waals surface area (Å²) < 4.78 is 7.41. The Bertz CT molecular complexity index is 776.